The van der Waals surface area contributed by atoms with Crippen LogP contribution in [0.25, 0.3) is 0 Å². The summed E-state index contributed by atoms with van der Waals surface area (Å²) in [5, 5.41) is 0. The highest BCUT2D eigenvalue weighted by molar-refractivity contribution is 9.10. The normalized spacial score (nSPS) is 10.0. The lowest BCUT2D eigenvalue weighted by atomic mass is 10.2. The van der Waals surface area contributed by atoms with E-state index < -0.39 is 0 Å². The van der Waals surface area contributed by atoms with Crippen LogP contribution in [0.3, 0.4) is 0 Å². The number of carbonyl (C=O) groups excluding carboxylic acids is 2. The Kier molecular flexibility index (Phi) is 4.42. The molecule has 2 amide bonds. The predicted molar refractivity (Wildman–Crippen MR) is 62.4 cm³/mol. The van der Waals surface area contributed by atoms with Crippen molar-refractivity contribution in [3.05, 3.63) is 28.5 Å². The maximum atomic E-state index is 11.5. The lowest BCUT2D eigenvalue weighted by Crippen LogP contribution is -2.43. The number of halogens is 1. The van der Waals surface area contributed by atoms with Crippen LogP contribution in [-0.4, -0.2) is 16.8 Å². The molecule has 0 saturated heterocycles. The van der Waals surface area contributed by atoms with Gasteiger partial charge in [0.05, 0.1) is 0 Å². The summed E-state index contributed by atoms with van der Waals surface area (Å²) >= 11 is 3.16. The zero-order valence-corrected chi connectivity index (χ0v) is 10.5. The van der Waals surface area contributed by atoms with Gasteiger partial charge in [-0.1, -0.05) is 13.8 Å². The molecule has 0 radical (unpaired) electrons. The summed E-state index contributed by atoms with van der Waals surface area (Å²) in [7, 11) is 0. The third kappa shape index (κ3) is 3.62. The molecule has 0 unspecified atom stereocenters. The molecule has 0 aromatic carbocycles. The van der Waals surface area contributed by atoms with Gasteiger partial charge in [-0.25, -0.2) is 4.98 Å². The first kappa shape index (κ1) is 12.6. The lowest BCUT2D eigenvalue weighted by Gasteiger charge is -2.09. The van der Waals surface area contributed by atoms with E-state index in [9.17, 15) is 9.59 Å². The van der Waals surface area contributed by atoms with E-state index in [1.165, 1.54) is 6.20 Å². The molecule has 0 fully saturated rings. The number of hydrogen-bond acceptors (Lipinski definition) is 3. The molecule has 0 spiro atoms. The third-order valence-corrected chi connectivity index (χ3v) is 2.25. The highest BCUT2D eigenvalue weighted by atomic mass is 79.9. The van der Waals surface area contributed by atoms with E-state index >= 15 is 0 Å². The van der Waals surface area contributed by atoms with E-state index in [0.717, 1.165) is 0 Å². The first-order chi connectivity index (χ1) is 7.50. The van der Waals surface area contributed by atoms with E-state index in [4.69, 9.17) is 0 Å². The minimum absolute atomic E-state index is 0.176. The highest BCUT2D eigenvalue weighted by Gasteiger charge is 2.09. The van der Waals surface area contributed by atoms with Gasteiger partial charge in [0.1, 0.15) is 4.60 Å². The van der Waals surface area contributed by atoms with Crippen LogP contribution in [-0.2, 0) is 4.79 Å². The number of hydrazine groups is 1. The van der Waals surface area contributed by atoms with Gasteiger partial charge in [-0.05, 0) is 28.1 Å². The Morgan fingerprint density at radius 2 is 2.06 bits per heavy atom. The zero-order chi connectivity index (χ0) is 12.1. The van der Waals surface area contributed by atoms with Crippen molar-refractivity contribution in [3.8, 4) is 0 Å². The van der Waals surface area contributed by atoms with Crippen molar-refractivity contribution in [2.24, 2.45) is 5.92 Å². The van der Waals surface area contributed by atoms with Gasteiger partial charge in [0, 0.05) is 17.7 Å². The molecular weight excluding hydrogens is 274 g/mol. The number of nitrogens with one attached hydrogen (secondary N) is 2. The van der Waals surface area contributed by atoms with Crippen molar-refractivity contribution >= 4 is 27.7 Å². The molecule has 1 rings (SSSR count). The Morgan fingerprint density at radius 1 is 1.38 bits per heavy atom. The molecule has 0 aliphatic rings. The van der Waals surface area contributed by atoms with Crippen molar-refractivity contribution in [1.29, 1.82) is 0 Å². The molecule has 6 heteroatoms. The van der Waals surface area contributed by atoms with Crippen LogP contribution in [0.4, 0.5) is 0 Å². The van der Waals surface area contributed by atoms with Gasteiger partial charge in [0.25, 0.3) is 5.91 Å². The number of hydrogen-bond donors (Lipinski definition) is 2. The summed E-state index contributed by atoms with van der Waals surface area (Å²) in [4.78, 5) is 26.6. The molecule has 0 saturated carbocycles. The topological polar surface area (TPSA) is 71.1 Å². The first-order valence-electron chi connectivity index (χ1n) is 4.72. The molecule has 86 valence electrons. The summed E-state index contributed by atoms with van der Waals surface area (Å²) in [6, 6.07) is 3.12. The zero-order valence-electron chi connectivity index (χ0n) is 8.95. The van der Waals surface area contributed by atoms with E-state index in [1.807, 2.05) is 0 Å². The highest BCUT2D eigenvalue weighted by Crippen LogP contribution is 2.07. The third-order valence-electron chi connectivity index (χ3n) is 1.81. The molecule has 0 aliphatic carbocycles. The second-order valence-corrected chi connectivity index (χ2v) is 4.28. The summed E-state index contributed by atoms with van der Waals surface area (Å²) in [5.74, 6) is -0.789. The Bertz CT molecular complexity index is 407. The average Bonchev–Trinajstić information content (AvgIpc) is 2.25. The fourth-order valence-electron chi connectivity index (χ4n) is 0.879. The standard InChI is InChI=1S/C10H12BrN3O2/c1-6(2)9(15)13-14-10(16)7-3-4-12-8(11)5-7/h3-6H,1-2H3,(H,13,15)(H,14,16). The van der Waals surface area contributed by atoms with Gasteiger partial charge < -0.3 is 0 Å². The van der Waals surface area contributed by atoms with Crippen LogP contribution >= 0.6 is 15.9 Å². The van der Waals surface area contributed by atoms with Crippen molar-refractivity contribution in [1.82, 2.24) is 15.8 Å². The Labute approximate surface area is 102 Å². The summed E-state index contributed by atoms with van der Waals surface area (Å²) in [6.45, 7) is 3.48. The second kappa shape index (κ2) is 5.60. The van der Waals surface area contributed by atoms with E-state index in [2.05, 4.69) is 31.8 Å². The van der Waals surface area contributed by atoms with E-state index in [-0.39, 0.29) is 17.7 Å². The molecule has 0 atom stereocenters. The molecule has 5 nitrogen and oxygen atoms in total. The van der Waals surface area contributed by atoms with Crippen molar-refractivity contribution in [2.75, 3.05) is 0 Å². The van der Waals surface area contributed by atoms with E-state index in [0.29, 0.717) is 10.2 Å². The first-order valence-corrected chi connectivity index (χ1v) is 5.51. The van der Waals surface area contributed by atoms with Gasteiger partial charge in [-0.3, -0.25) is 20.4 Å². The van der Waals surface area contributed by atoms with Gasteiger partial charge in [0.2, 0.25) is 5.91 Å². The largest absolute Gasteiger partial charge is 0.273 e. The number of aromatic nitrogens is 1. The van der Waals surface area contributed by atoms with Crippen molar-refractivity contribution < 1.29 is 9.59 Å². The smallest absolute Gasteiger partial charge is 0.269 e. The quantitative estimate of drug-likeness (QED) is 0.635. The monoisotopic (exact) mass is 285 g/mol. The molecule has 1 aromatic heterocycles. The molecule has 0 bridgehead atoms. The lowest BCUT2D eigenvalue weighted by molar-refractivity contribution is -0.124. The summed E-state index contributed by atoms with van der Waals surface area (Å²) in [6.07, 6.45) is 1.50. The Balaban J connectivity index is 2.57. The van der Waals surface area contributed by atoms with Crippen LogP contribution in [0.1, 0.15) is 24.2 Å². The molecule has 16 heavy (non-hydrogen) atoms. The Morgan fingerprint density at radius 3 is 2.62 bits per heavy atom. The number of amides is 2. The number of pyridine rings is 1. The van der Waals surface area contributed by atoms with Gasteiger partial charge in [0.15, 0.2) is 0 Å². The van der Waals surface area contributed by atoms with Crippen LogP contribution < -0.4 is 10.9 Å². The number of nitrogens with zero attached hydrogens (tertiary/aromatic N) is 1. The average molecular weight is 286 g/mol. The summed E-state index contributed by atoms with van der Waals surface area (Å²) in [5.41, 5.74) is 5.07. The second-order valence-electron chi connectivity index (χ2n) is 3.47. The molecule has 1 aromatic rings. The van der Waals surface area contributed by atoms with Crippen LogP contribution in [0.5, 0.6) is 0 Å². The van der Waals surface area contributed by atoms with Gasteiger partial charge in [-0.15, -0.1) is 0 Å². The molecular formula is C10H12BrN3O2. The van der Waals surface area contributed by atoms with E-state index in [1.54, 1.807) is 26.0 Å². The molecule has 1 heterocycles. The minimum atomic E-state index is -0.378. The Hall–Kier alpha value is -1.43. The molecule has 0 aliphatic heterocycles. The molecule has 2 N–H and O–H groups in total. The number of rotatable bonds is 2. The maximum absolute atomic E-state index is 11.5. The van der Waals surface area contributed by atoms with Gasteiger partial charge >= 0.3 is 0 Å². The van der Waals surface area contributed by atoms with Crippen molar-refractivity contribution in [2.45, 2.75) is 13.8 Å². The fraction of sp³-hybridized carbons (Fsp3) is 0.300. The van der Waals surface area contributed by atoms with Crippen LogP contribution in [0.2, 0.25) is 0 Å². The van der Waals surface area contributed by atoms with Crippen LogP contribution in [0, 0.1) is 5.92 Å². The fourth-order valence-corrected chi connectivity index (χ4v) is 1.24. The maximum Gasteiger partial charge on any atom is 0.269 e. The SMILES string of the molecule is CC(C)C(=O)NNC(=O)c1ccnc(Br)c1. The van der Waals surface area contributed by atoms with Crippen LogP contribution in [0.15, 0.2) is 22.9 Å². The minimum Gasteiger partial charge on any atom is -0.273 e. The number of carbonyl (C=O) groups is 2. The summed E-state index contributed by atoms with van der Waals surface area (Å²) < 4.78 is 0.565. The van der Waals surface area contributed by atoms with Crippen molar-refractivity contribution in [3.63, 3.8) is 0 Å². The van der Waals surface area contributed by atoms with Gasteiger partial charge in [-0.2, -0.15) is 0 Å². The predicted octanol–water partition coefficient (Wildman–Crippen LogP) is 1.26.